The van der Waals surface area contributed by atoms with Gasteiger partial charge in [-0.2, -0.15) is 0 Å². The number of fused-ring (bicyclic) bond motifs is 1. The van der Waals surface area contributed by atoms with Gasteiger partial charge in [-0.15, -0.1) is 0 Å². The number of benzene rings is 2. The lowest BCUT2D eigenvalue weighted by Gasteiger charge is -2.34. The molecule has 3 amide bonds. The first kappa shape index (κ1) is 20.2. The van der Waals surface area contributed by atoms with Crippen molar-refractivity contribution in [3.8, 4) is 0 Å². The largest absolute Gasteiger partial charge is 0.336 e. The maximum Gasteiger partial charge on any atom is 0.253 e. The Bertz CT molecular complexity index is 1030. The molecular formula is C23H22ClN3O3. The van der Waals surface area contributed by atoms with Crippen molar-refractivity contribution in [2.75, 3.05) is 31.5 Å². The first-order valence-corrected chi connectivity index (χ1v) is 10.3. The zero-order chi connectivity index (χ0) is 21.1. The van der Waals surface area contributed by atoms with Crippen molar-refractivity contribution in [3.63, 3.8) is 0 Å². The summed E-state index contributed by atoms with van der Waals surface area (Å²) in [5, 5.41) is 3.46. The molecule has 1 fully saturated rings. The average Bonchev–Trinajstić information content (AvgIpc) is 2.77. The van der Waals surface area contributed by atoms with E-state index in [4.69, 9.17) is 11.6 Å². The fourth-order valence-electron chi connectivity index (χ4n) is 3.71. The molecule has 30 heavy (non-hydrogen) atoms. The van der Waals surface area contributed by atoms with E-state index >= 15 is 0 Å². The minimum absolute atomic E-state index is 0.00628. The maximum absolute atomic E-state index is 12.9. The Morgan fingerprint density at radius 3 is 2.50 bits per heavy atom. The van der Waals surface area contributed by atoms with E-state index in [0.717, 1.165) is 16.8 Å². The molecule has 154 valence electrons. The number of rotatable bonds is 3. The van der Waals surface area contributed by atoms with Gasteiger partial charge in [0.1, 0.15) is 0 Å². The molecule has 0 unspecified atom stereocenters. The lowest BCUT2D eigenvalue weighted by atomic mass is 10.00. The number of nitrogens with zero attached hydrogens (tertiary/aromatic N) is 2. The number of amides is 3. The van der Waals surface area contributed by atoms with Crippen LogP contribution in [0, 0.1) is 0 Å². The minimum atomic E-state index is -0.0772. The van der Waals surface area contributed by atoms with Crippen LogP contribution in [0.3, 0.4) is 0 Å². The molecule has 1 saturated heterocycles. The van der Waals surface area contributed by atoms with Crippen molar-refractivity contribution in [1.29, 1.82) is 0 Å². The topological polar surface area (TPSA) is 69.7 Å². The zero-order valence-corrected chi connectivity index (χ0v) is 17.2. The summed E-state index contributed by atoms with van der Waals surface area (Å²) in [5.74, 6) is -0.116. The highest BCUT2D eigenvalue weighted by Crippen LogP contribution is 2.24. The Kier molecular flexibility index (Phi) is 5.86. The van der Waals surface area contributed by atoms with E-state index in [2.05, 4.69) is 5.32 Å². The number of carbonyl (C=O) groups is 3. The Morgan fingerprint density at radius 1 is 0.967 bits per heavy atom. The van der Waals surface area contributed by atoms with Gasteiger partial charge in [0.25, 0.3) is 5.91 Å². The van der Waals surface area contributed by atoms with Gasteiger partial charge in [0.15, 0.2) is 0 Å². The number of hydrogen-bond acceptors (Lipinski definition) is 3. The monoisotopic (exact) mass is 423 g/mol. The first-order valence-electron chi connectivity index (χ1n) is 9.94. The smallest absolute Gasteiger partial charge is 0.253 e. The summed E-state index contributed by atoms with van der Waals surface area (Å²) in [4.78, 5) is 40.3. The van der Waals surface area contributed by atoms with Gasteiger partial charge in [0, 0.05) is 54.9 Å². The molecule has 0 aromatic heterocycles. The van der Waals surface area contributed by atoms with Crippen molar-refractivity contribution in [2.24, 2.45) is 0 Å². The van der Waals surface area contributed by atoms with Crippen molar-refractivity contribution in [2.45, 2.75) is 12.8 Å². The molecule has 0 spiro atoms. The lowest BCUT2D eigenvalue weighted by Crippen LogP contribution is -2.50. The van der Waals surface area contributed by atoms with Crippen LogP contribution in [0.4, 0.5) is 5.69 Å². The van der Waals surface area contributed by atoms with Gasteiger partial charge in [-0.25, -0.2) is 0 Å². The van der Waals surface area contributed by atoms with Crippen LogP contribution in [0.2, 0.25) is 5.02 Å². The van der Waals surface area contributed by atoms with E-state index in [1.165, 1.54) is 0 Å². The molecule has 0 radical (unpaired) electrons. The normalized spacial score (nSPS) is 16.4. The standard InChI is InChI=1S/C23H22ClN3O3/c24-19-3-1-2-16(14-19)4-9-22(29)26-10-12-27(13-11-26)23(30)18-5-7-20-17(15-18)6-8-21(28)25-20/h1-5,7,9,14-15H,6,8,10-13H2,(H,25,28). The summed E-state index contributed by atoms with van der Waals surface area (Å²) in [5.41, 5.74) is 3.25. The summed E-state index contributed by atoms with van der Waals surface area (Å²) < 4.78 is 0. The van der Waals surface area contributed by atoms with Gasteiger partial charge in [-0.05, 0) is 54.0 Å². The Balaban J connectivity index is 1.34. The van der Waals surface area contributed by atoms with Crippen LogP contribution in [0.5, 0.6) is 0 Å². The van der Waals surface area contributed by atoms with Gasteiger partial charge < -0.3 is 15.1 Å². The van der Waals surface area contributed by atoms with Crippen molar-refractivity contribution in [3.05, 3.63) is 70.3 Å². The Morgan fingerprint density at radius 2 is 1.73 bits per heavy atom. The predicted molar refractivity (Wildman–Crippen MR) is 116 cm³/mol. The van der Waals surface area contributed by atoms with E-state index in [1.54, 1.807) is 46.2 Å². The molecule has 2 aromatic carbocycles. The average molecular weight is 424 g/mol. The number of anilines is 1. The Labute approximate surface area is 180 Å². The Hall–Kier alpha value is -3.12. The minimum Gasteiger partial charge on any atom is -0.336 e. The second-order valence-electron chi connectivity index (χ2n) is 7.43. The number of aryl methyl sites for hydroxylation is 1. The van der Waals surface area contributed by atoms with Crippen molar-refractivity contribution < 1.29 is 14.4 Å². The lowest BCUT2D eigenvalue weighted by molar-refractivity contribution is -0.127. The van der Waals surface area contributed by atoms with Gasteiger partial charge >= 0.3 is 0 Å². The van der Waals surface area contributed by atoms with Gasteiger partial charge in [-0.1, -0.05) is 23.7 Å². The summed E-state index contributed by atoms with van der Waals surface area (Å²) in [6, 6.07) is 12.7. The molecule has 2 aliphatic rings. The third-order valence-corrected chi connectivity index (χ3v) is 5.63. The molecule has 6 nitrogen and oxygen atoms in total. The van der Waals surface area contributed by atoms with E-state index in [0.29, 0.717) is 49.6 Å². The molecule has 2 heterocycles. The van der Waals surface area contributed by atoms with Crippen LogP contribution >= 0.6 is 11.6 Å². The third-order valence-electron chi connectivity index (χ3n) is 5.39. The number of halogens is 1. The summed E-state index contributed by atoms with van der Waals surface area (Å²) in [6.45, 7) is 1.96. The van der Waals surface area contributed by atoms with Gasteiger partial charge in [-0.3, -0.25) is 14.4 Å². The summed E-state index contributed by atoms with van der Waals surface area (Å²) in [6.07, 6.45) is 4.37. The quantitative estimate of drug-likeness (QED) is 0.770. The summed E-state index contributed by atoms with van der Waals surface area (Å²) >= 11 is 5.97. The molecule has 4 rings (SSSR count). The maximum atomic E-state index is 12.9. The van der Waals surface area contributed by atoms with E-state index in [9.17, 15) is 14.4 Å². The van der Waals surface area contributed by atoms with Crippen LogP contribution in [0.25, 0.3) is 6.08 Å². The second kappa shape index (κ2) is 8.71. The molecular weight excluding hydrogens is 402 g/mol. The van der Waals surface area contributed by atoms with Crippen LogP contribution in [0.1, 0.15) is 27.9 Å². The highest BCUT2D eigenvalue weighted by molar-refractivity contribution is 6.30. The van der Waals surface area contributed by atoms with E-state index < -0.39 is 0 Å². The SMILES string of the molecule is O=C1CCc2cc(C(=O)N3CCN(C(=O)C=Cc4cccc(Cl)c4)CC3)ccc2N1. The molecule has 7 heteroatoms. The number of hydrogen-bond donors (Lipinski definition) is 1. The number of carbonyl (C=O) groups excluding carboxylic acids is 3. The molecule has 0 aliphatic carbocycles. The van der Waals surface area contributed by atoms with Crippen molar-refractivity contribution >= 4 is 41.1 Å². The molecule has 0 saturated carbocycles. The second-order valence-corrected chi connectivity index (χ2v) is 7.86. The fourth-order valence-corrected chi connectivity index (χ4v) is 3.91. The van der Waals surface area contributed by atoms with Crippen molar-refractivity contribution in [1.82, 2.24) is 9.80 Å². The fraction of sp³-hybridized carbons (Fsp3) is 0.261. The van der Waals surface area contributed by atoms with E-state index in [1.807, 2.05) is 18.2 Å². The molecule has 0 bridgehead atoms. The molecule has 2 aromatic rings. The highest BCUT2D eigenvalue weighted by Gasteiger charge is 2.25. The van der Waals surface area contributed by atoms with Crippen LogP contribution in [0.15, 0.2) is 48.5 Å². The number of piperazine rings is 1. The third kappa shape index (κ3) is 4.54. The zero-order valence-electron chi connectivity index (χ0n) is 16.4. The molecule has 2 aliphatic heterocycles. The van der Waals surface area contributed by atoms with E-state index in [-0.39, 0.29) is 17.7 Å². The van der Waals surface area contributed by atoms with Crippen LogP contribution < -0.4 is 5.32 Å². The summed E-state index contributed by atoms with van der Waals surface area (Å²) in [7, 11) is 0. The highest BCUT2D eigenvalue weighted by atomic mass is 35.5. The first-order chi connectivity index (χ1) is 14.5. The van der Waals surface area contributed by atoms with Gasteiger partial charge in [0.05, 0.1) is 0 Å². The predicted octanol–water partition coefficient (Wildman–Crippen LogP) is 3.22. The van der Waals surface area contributed by atoms with Crippen LogP contribution in [-0.4, -0.2) is 53.7 Å². The number of nitrogens with one attached hydrogen (secondary N) is 1. The molecule has 0 atom stereocenters. The van der Waals surface area contributed by atoms with Gasteiger partial charge in [0.2, 0.25) is 11.8 Å². The van der Waals surface area contributed by atoms with Crippen LogP contribution in [-0.2, 0) is 16.0 Å². The molecule has 1 N–H and O–H groups in total.